The lowest BCUT2D eigenvalue weighted by molar-refractivity contribution is 0.102. The molecule has 0 spiro atoms. The Bertz CT molecular complexity index is 548. The predicted octanol–water partition coefficient (Wildman–Crippen LogP) is 1.77. The fraction of sp³-hybridized carbons (Fsp3) is 0.111. The van der Waals surface area contributed by atoms with Crippen LogP contribution in [-0.2, 0) is 7.05 Å². The van der Waals surface area contributed by atoms with Crippen LogP contribution >= 0.6 is 23.2 Å². The first-order chi connectivity index (χ1) is 8.08. The van der Waals surface area contributed by atoms with Crippen molar-refractivity contribution in [2.75, 3.05) is 5.32 Å². The van der Waals surface area contributed by atoms with Crippen molar-refractivity contribution in [1.29, 1.82) is 0 Å². The molecule has 1 N–H and O–H groups in total. The summed E-state index contributed by atoms with van der Waals surface area (Å²) in [4.78, 5) is 19.2. The minimum Gasteiger partial charge on any atom is -0.315 e. The van der Waals surface area contributed by atoms with Crippen LogP contribution in [0.15, 0.2) is 18.6 Å². The van der Waals surface area contributed by atoms with E-state index in [1.165, 1.54) is 11.0 Å². The van der Waals surface area contributed by atoms with E-state index in [0.29, 0.717) is 0 Å². The molecule has 0 aliphatic rings. The van der Waals surface area contributed by atoms with Gasteiger partial charge in [-0.2, -0.15) is 5.10 Å². The van der Waals surface area contributed by atoms with Crippen molar-refractivity contribution in [2.24, 2.45) is 7.05 Å². The second kappa shape index (κ2) is 4.68. The number of aryl methyl sites for hydroxylation is 1. The molecule has 0 aliphatic carbocycles. The molecule has 6 nitrogen and oxygen atoms in total. The first-order valence-electron chi connectivity index (χ1n) is 4.55. The molecule has 0 atom stereocenters. The second-order valence-corrected chi connectivity index (χ2v) is 3.88. The van der Waals surface area contributed by atoms with E-state index in [4.69, 9.17) is 23.2 Å². The fourth-order valence-electron chi connectivity index (χ4n) is 1.16. The van der Waals surface area contributed by atoms with Gasteiger partial charge in [-0.05, 0) is 6.07 Å². The molecule has 0 saturated carbocycles. The summed E-state index contributed by atoms with van der Waals surface area (Å²) in [5.41, 5.74) is 0.426. The van der Waals surface area contributed by atoms with Gasteiger partial charge in [0, 0.05) is 13.2 Å². The molecule has 0 saturated heterocycles. The van der Waals surface area contributed by atoms with Crippen molar-refractivity contribution in [3.63, 3.8) is 0 Å². The van der Waals surface area contributed by atoms with Crippen molar-refractivity contribution in [2.45, 2.75) is 0 Å². The predicted molar refractivity (Wildman–Crippen MR) is 63.2 cm³/mol. The molecule has 0 bridgehead atoms. The third kappa shape index (κ3) is 2.54. The molecule has 8 heteroatoms. The molecular weight excluding hydrogens is 265 g/mol. The van der Waals surface area contributed by atoms with Crippen molar-refractivity contribution in [1.82, 2.24) is 19.7 Å². The highest BCUT2D eigenvalue weighted by Crippen LogP contribution is 2.25. The minimum atomic E-state index is -0.427. The normalized spacial score (nSPS) is 10.3. The number of nitrogens with zero attached hydrogens (tertiary/aromatic N) is 4. The van der Waals surface area contributed by atoms with Crippen LogP contribution in [0.5, 0.6) is 0 Å². The number of amides is 1. The summed E-state index contributed by atoms with van der Waals surface area (Å²) in [7, 11) is 1.71. The zero-order chi connectivity index (χ0) is 12.4. The van der Waals surface area contributed by atoms with Crippen LogP contribution in [0.25, 0.3) is 0 Å². The second-order valence-electron chi connectivity index (χ2n) is 3.16. The number of carbonyl (C=O) groups is 1. The molecule has 2 aromatic rings. The highest BCUT2D eigenvalue weighted by Gasteiger charge is 2.14. The first-order valence-corrected chi connectivity index (χ1v) is 5.30. The molecule has 1 amide bonds. The Hall–Kier alpha value is -1.66. The number of anilines is 1. The smallest absolute Gasteiger partial charge is 0.276 e. The number of hydrogen-bond donors (Lipinski definition) is 1. The van der Waals surface area contributed by atoms with Crippen LogP contribution in [-0.4, -0.2) is 25.7 Å². The Balaban J connectivity index is 2.24. The standard InChI is InChI=1S/C9H7Cl2N5O/c1-16-3-2-5(15-16)9(17)14-6-7(10)12-4-13-8(6)11/h2-4H,1H3,(H,14,17). The highest BCUT2D eigenvalue weighted by atomic mass is 35.5. The van der Waals surface area contributed by atoms with E-state index in [1.807, 2.05) is 0 Å². The monoisotopic (exact) mass is 271 g/mol. The zero-order valence-corrected chi connectivity index (χ0v) is 10.2. The zero-order valence-electron chi connectivity index (χ0n) is 8.69. The van der Waals surface area contributed by atoms with Crippen LogP contribution in [0, 0.1) is 0 Å². The van der Waals surface area contributed by atoms with Gasteiger partial charge in [0.2, 0.25) is 0 Å². The van der Waals surface area contributed by atoms with Gasteiger partial charge in [-0.3, -0.25) is 9.48 Å². The molecular formula is C9H7Cl2N5O. The molecule has 2 rings (SSSR count). The van der Waals surface area contributed by atoms with E-state index in [-0.39, 0.29) is 21.7 Å². The van der Waals surface area contributed by atoms with Gasteiger partial charge in [-0.15, -0.1) is 0 Å². The maximum absolute atomic E-state index is 11.8. The van der Waals surface area contributed by atoms with Gasteiger partial charge in [0.1, 0.15) is 12.0 Å². The molecule has 0 unspecified atom stereocenters. The summed E-state index contributed by atoms with van der Waals surface area (Å²) in [6, 6.07) is 1.57. The fourth-order valence-corrected chi connectivity index (χ4v) is 1.57. The Kier molecular flexibility index (Phi) is 3.26. The van der Waals surface area contributed by atoms with Gasteiger partial charge >= 0.3 is 0 Å². The van der Waals surface area contributed by atoms with Crippen LogP contribution in [0.3, 0.4) is 0 Å². The third-order valence-electron chi connectivity index (χ3n) is 1.94. The molecule has 0 aliphatic heterocycles. The van der Waals surface area contributed by atoms with Crippen molar-refractivity contribution in [3.8, 4) is 0 Å². The van der Waals surface area contributed by atoms with Gasteiger partial charge in [-0.1, -0.05) is 23.2 Å². The van der Waals surface area contributed by atoms with E-state index < -0.39 is 5.91 Å². The molecule has 2 aromatic heterocycles. The lowest BCUT2D eigenvalue weighted by Gasteiger charge is -2.05. The first kappa shape index (κ1) is 11.8. The molecule has 17 heavy (non-hydrogen) atoms. The van der Waals surface area contributed by atoms with Gasteiger partial charge in [-0.25, -0.2) is 9.97 Å². The van der Waals surface area contributed by atoms with E-state index in [2.05, 4.69) is 20.4 Å². The number of nitrogens with one attached hydrogen (secondary N) is 1. The summed E-state index contributed by atoms with van der Waals surface area (Å²) >= 11 is 11.6. The number of halogens is 2. The lowest BCUT2D eigenvalue weighted by atomic mass is 10.4. The van der Waals surface area contributed by atoms with Gasteiger partial charge in [0.15, 0.2) is 16.0 Å². The van der Waals surface area contributed by atoms with E-state index >= 15 is 0 Å². The summed E-state index contributed by atoms with van der Waals surface area (Å²) in [6.07, 6.45) is 2.86. The van der Waals surface area contributed by atoms with Crippen LogP contribution in [0.2, 0.25) is 10.3 Å². The number of aromatic nitrogens is 4. The average Bonchev–Trinajstić information content (AvgIpc) is 2.70. The van der Waals surface area contributed by atoms with Crippen LogP contribution < -0.4 is 5.32 Å². The van der Waals surface area contributed by atoms with Crippen molar-refractivity contribution >= 4 is 34.8 Å². The Morgan fingerprint density at radius 3 is 2.53 bits per heavy atom. The van der Waals surface area contributed by atoms with Crippen molar-refractivity contribution < 1.29 is 4.79 Å². The van der Waals surface area contributed by atoms with Gasteiger partial charge in [0.25, 0.3) is 5.91 Å². The van der Waals surface area contributed by atoms with E-state index in [9.17, 15) is 4.79 Å². The topological polar surface area (TPSA) is 72.7 Å². The Morgan fingerprint density at radius 1 is 1.35 bits per heavy atom. The number of carbonyl (C=O) groups excluding carboxylic acids is 1. The third-order valence-corrected chi connectivity index (χ3v) is 2.51. The quantitative estimate of drug-likeness (QED) is 0.845. The largest absolute Gasteiger partial charge is 0.315 e. The maximum atomic E-state index is 11.8. The summed E-state index contributed by atoms with van der Waals surface area (Å²) in [5, 5.41) is 6.60. The van der Waals surface area contributed by atoms with E-state index in [0.717, 1.165) is 0 Å². The summed E-state index contributed by atoms with van der Waals surface area (Å²) in [5.74, 6) is -0.427. The maximum Gasteiger partial charge on any atom is 0.276 e. The lowest BCUT2D eigenvalue weighted by Crippen LogP contribution is -2.14. The van der Waals surface area contributed by atoms with Gasteiger partial charge in [0.05, 0.1) is 0 Å². The molecule has 0 fully saturated rings. The highest BCUT2D eigenvalue weighted by molar-refractivity contribution is 6.38. The number of hydrogen-bond acceptors (Lipinski definition) is 4. The van der Waals surface area contributed by atoms with E-state index in [1.54, 1.807) is 19.3 Å². The molecule has 88 valence electrons. The Morgan fingerprint density at radius 2 is 2.00 bits per heavy atom. The summed E-state index contributed by atoms with van der Waals surface area (Å²) in [6.45, 7) is 0. The molecule has 2 heterocycles. The van der Waals surface area contributed by atoms with Crippen LogP contribution in [0.1, 0.15) is 10.5 Å². The van der Waals surface area contributed by atoms with Gasteiger partial charge < -0.3 is 5.32 Å². The van der Waals surface area contributed by atoms with Crippen LogP contribution in [0.4, 0.5) is 5.69 Å². The molecule has 0 radical (unpaired) electrons. The molecule has 0 aromatic carbocycles. The summed E-state index contributed by atoms with van der Waals surface area (Å²) < 4.78 is 1.51. The SMILES string of the molecule is Cn1ccc(C(=O)Nc2c(Cl)ncnc2Cl)n1. The minimum absolute atomic E-state index is 0.0780. The number of rotatable bonds is 2. The average molecular weight is 272 g/mol. The van der Waals surface area contributed by atoms with Crippen molar-refractivity contribution in [3.05, 3.63) is 34.6 Å². The Labute approximate surface area is 107 Å².